The summed E-state index contributed by atoms with van der Waals surface area (Å²) in [5, 5.41) is 9.75. The topological polar surface area (TPSA) is 54.4 Å². The molecule has 0 saturated carbocycles. The molecule has 0 fully saturated rings. The molecule has 0 spiro atoms. The highest BCUT2D eigenvalue weighted by atomic mass is 32.2. The number of sulfone groups is 1. The first kappa shape index (κ1) is 19.9. The summed E-state index contributed by atoms with van der Waals surface area (Å²) in [6.07, 6.45) is 14.5. The summed E-state index contributed by atoms with van der Waals surface area (Å²) in [4.78, 5) is 0. The Balaban J connectivity index is 3.25. The van der Waals surface area contributed by atoms with Crippen molar-refractivity contribution in [2.45, 2.75) is 90.1 Å². The third kappa shape index (κ3) is 16.0. The molecule has 0 heterocycles. The monoisotopic (exact) mass is 306 g/mol. The van der Waals surface area contributed by atoms with E-state index in [-0.39, 0.29) is 11.9 Å². The third-order valence-electron chi connectivity index (χ3n) is 3.69. The van der Waals surface area contributed by atoms with Gasteiger partial charge in [-0.05, 0) is 19.3 Å². The zero-order chi connectivity index (χ0) is 15.3. The van der Waals surface area contributed by atoms with Gasteiger partial charge >= 0.3 is 0 Å². The lowest BCUT2D eigenvalue weighted by Gasteiger charge is -2.09. The van der Waals surface area contributed by atoms with Gasteiger partial charge in [-0.25, -0.2) is 8.42 Å². The predicted molar refractivity (Wildman–Crippen MR) is 86.8 cm³/mol. The number of unbranched alkanes of at least 4 members (excludes halogenated alkanes) is 8. The number of hydrogen-bond donors (Lipinski definition) is 1. The smallest absolute Gasteiger partial charge is 0.147 e. The average molecular weight is 307 g/mol. The molecule has 0 bridgehead atoms. The van der Waals surface area contributed by atoms with Gasteiger partial charge in [0.05, 0.1) is 6.10 Å². The molecule has 20 heavy (non-hydrogen) atoms. The van der Waals surface area contributed by atoms with E-state index in [2.05, 4.69) is 6.92 Å². The molecule has 0 radical (unpaired) electrons. The Hall–Kier alpha value is -0.0900. The van der Waals surface area contributed by atoms with E-state index in [0.29, 0.717) is 12.8 Å². The van der Waals surface area contributed by atoms with E-state index in [1.165, 1.54) is 57.6 Å². The number of aliphatic hydroxyl groups excluding tert-OH is 1. The van der Waals surface area contributed by atoms with E-state index in [1.807, 2.05) is 0 Å². The highest BCUT2D eigenvalue weighted by molar-refractivity contribution is 7.90. The minimum absolute atomic E-state index is 0.196. The molecular formula is C16H34O3S. The standard InChI is InChI=1S/C16H34O3S/c1-3-4-5-6-7-8-9-10-11-13-16(17)14-12-15-20(2,18)19/h16-17H,3-15H2,1-2H3. The van der Waals surface area contributed by atoms with Gasteiger partial charge in [0, 0.05) is 12.0 Å². The van der Waals surface area contributed by atoms with E-state index in [1.54, 1.807) is 0 Å². The lowest BCUT2D eigenvalue weighted by Crippen LogP contribution is -2.10. The Morgan fingerprint density at radius 2 is 1.25 bits per heavy atom. The lowest BCUT2D eigenvalue weighted by molar-refractivity contribution is 0.150. The van der Waals surface area contributed by atoms with Crippen LogP contribution in [0.3, 0.4) is 0 Å². The summed E-state index contributed by atoms with van der Waals surface area (Å²) in [5.74, 6) is 0.196. The van der Waals surface area contributed by atoms with Gasteiger partial charge in [0.2, 0.25) is 0 Å². The molecule has 0 amide bonds. The van der Waals surface area contributed by atoms with E-state index >= 15 is 0 Å². The second kappa shape index (κ2) is 12.6. The fourth-order valence-electron chi connectivity index (χ4n) is 2.42. The quantitative estimate of drug-likeness (QED) is 0.492. The summed E-state index contributed by atoms with van der Waals surface area (Å²) < 4.78 is 21.9. The van der Waals surface area contributed by atoms with Crippen LogP contribution >= 0.6 is 0 Å². The molecule has 0 aromatic carbocycles. The first-order valence-corrected chi connectivity index (χ1v) is 10.4. The lowest BCUT2D eigenvalue weighted by atomic mass is 10.0. The van der Waals surface area contributed by atoms with Gasteiger partial charge in [-0.1, -0.05) is 64.7 Å². The van der Waals surface area contributed by atoms with Crippen molar-refractivity contribution in [3.63, 3.8) is 0 Å². The van der Waals surface area contributed by atoms with E-state index in [0.717, 1.165) is 12.8 Å². The van der Waals surface area contributed by atoms with Crippen LogP contribution in [0.5, 0.6) is 0 Å². The highest BCUT2D eigenvalue weighted by Crippen LogP contribution is 2.13. The Morgan fingerprint density at radius 1 is 0.800 bits per heavy atom. The first-order chi connectivity index (χ1) is 9.45. The van der Waals surface area contributed by atoms with E-state index in [9.17, 15) is 13.5 Å². The van der Waals surface area contributed by atoms with Crippen molar-refractivity contribution in [2.75, 3.05) is 12.0 Å². The van der Waals surface area contributed by atoms with Gasteiger partial charge in [-0.3, -0.25) is 0 Å². The highest BCUT2D eigenvalue weighted by Gasteiger charge is 2.07. The predicted octanol–water partition coefficient (Wildman–Crippen LogP) is 4.09. The van der Waals surface area contributed by atoms with Crippen molar-refractivity contribution >= 4 is 9.84 Å². The fourth-order valence-corrected chi connectivity index (χ4v) is 3.11. The van der Waals surface area contributed by atoms with Gasteiger partial charge in [-0.15, -0.1) is 0 Å². The van der Waals surface area contributed by atoms with Gasteiger partial charge in [-0.2, -0.15) is 0 Å². The van der Waals surface area contributed by atoms with Crippen molar-refractivity contribution in [1.29, 1.82) is 0 Å². The molecule has 0 aromatic heterocycles. The Labute approximate surface area is 126 Å². The Kier molecular flexibility index (Phi) is 12.6. The normalized spacial score (nSPS) is 13.6. The molecule has 0 aliphatic rings. The molecule has 0 aliphatic carbocycles. The van der Waals surface area contributed by atoms with Crippen molar-refractivity contribution in [2.24, 2.45) is 0 Å². The van der Waals surface area contributed by atoms with Crippen LogP contribution in [-0.2, 0) is 9.84 Å². The molecule has 1 unspecified atom stereocenters. The summed E-state index contributed by atoms with van der Waals surface area (Å²) in [6, 6.07) is 0. The van der Waals surface area contributed by atoms with Gasteiger partial charge in [0.25, 0.3) is 0 Å². The van der Waals surface area contributed by atoms with Crippen molar-refractivity contribution in [1.82, 2.24) is 0 Å². The second-order valence-electron chi connectivity index (χ2n) is 6.04. The fraction of sp³-hybridized carbons (Fsp3) is 1.00. The number of hydrogen-bond acceptors (Lipinski definition) is 3. The third-order valence-corrected chi connectivity index (χ3v) is 4.72. The van der Waals surface area contributed by atoms with Crippen LogP contribution < -0.4 is 0 Å². The van der Waals surface area contributed by atoms with Gasteiger partial charge in [0.15, 0.2) is 0 Å². The second-order valence-corrected chi connectivity index (χ2v) is 8.30. The molecule has 0 aromatic rings. The molecule has 0 rings (SSSR count). The minimum Gasteiger partial charge on any atom is -0.393 e. The van der Waals surface area contributed by atoms with Crippen LogP contribution in [0.2, 0.25) is 0 Å². The van der Waals surface area contributed by atoms with E-state index in [4.69, 9.17) is 0 Å². The van der Waals surface area contributed by atoms with Crippen LogP contribution in [0.1, 0.15) is 84.0 Å². The largest absolute Gasteiger partial charge is 0.393 e. The number of aliphatic hydroxyl groups is 1. The van der Waals surface area contributed by atoms with Crippen LogP contribution in [-0.4, -0.2) is 31.6 Å². The molecule has 122 valence electrons. The van der Waals surface area contributed by atoms with Crippen molar-refractivity contribution in [3.8, 4) is 0 Å². The molecule has 1 N–H and O–H groups in total. The average Bonchev–Trinajstić information content (AvgIpc) is 2.35. The zero-order valence-corrected chi connectivity index (χ0v) is 14.3. The summed E-state index contributed by atoms with van der Waals surface area (Å²) >= 11 is 0. The summed E-state index contributed by atoms with van der Waals surface area (Å²) in [5.41, 5.74) is 0. The molecule has 0 saturated heterocycles. The maximum Gasteiger partial charge on any atom is 0.147 e. The zero-order valence-electron chi connectivity index (χ0n) is 13.4. The summed E-state index contributed by atoms with van der Waals surface area (Å²) in [7, 11) is -2.87. The van der Waals surface area contributed by atoms with Gasteiger partial charge in [0.1, 0.15) is 9.84 Å². The first-order valence-electron chi connectivity index (χ1n) is 8.31. The maximum absolute atomic E-state index is 11.0. The summed E-state index contributed by atoms with van der Waals surface area (Å²) in [6.45, 7) is 2.24. The van der Waals surface area contributed by atoms with Crippen LogP contribution in [0.4, 0.5) is 0 Å². The van der Waals surface area contributed by atoms with E-state index < -0.39 is 9.84 Å². The van der Waals surface area contributed by atoms with Crippen LogP contribution in [0.25, 0.3) is 0 Å². The van der Waals surface area contributed by atoms with Crippen molar-refractivity contribution in [3.05, 3.63) is 0 Å². The van der Waals surface area contributed by atoms with Crippen LogP contribution in [0.15, 0.2) is 0 Å². The van der Waals surface area contributed by atoms with Crippen LogP contribution in [0, 0.1) is 0 Å². The molecule has 0 aliphatic heterocycles. The van der Waals surface area contributed by atoms with Gasteiger partial charge < -0.3 is 5.11 Å². The molecular weight excluding hydrogens is 272 g/mol. The Bertz CT molecular complexity index is 299. The SMILES string of the molecule is CCCCCCCCCCCC(O)CCCS(C)(=O)=O. The minimum atomic E-state index is -2.87. The number of rotatable bonds is 14. The Morgan fingerprint density at radius 3 is 1.75 bits per heavy atom. The molecule has 1 atom stereocenters. The molecule has 3 nitrogen and oxygen atoms in total. The maximum atomic E-state index is 11.0. The van der Waals surface area contributed by atoms with Crippen molar-refractivity contribution < 1.29 is 13.5 Å². The molecule has 4 heteroatoms.